The van der Waals surface area contributed by atoms with Gasteiger partial charge in [0.2, 0.25) is 17.7 Å². The van der Waals surface area contributed by atoms with E-state index in [0.717, 1.165) is 0 Å². The minimum Gasteiger partial charge on any atom is -0.480 e. The van der Waals surface area contributed by atoms with Crippen molar-refractivity contribution in [2.45, 2.75) is 50.7 Å². The van der Waals surface area contributed by atoms with E-state index >= 15 is 0 Å². The number of unbranched alkanes of at least 4 members (excludes halogenated alkanes) is 1. The Balaban J connectivity index is 4.86. The van der Waals surface area contributed by atoms with Gasteiger partial charge in [-0.05, 0) is 32.7 Å². The van der Waals surface area contributed by atoms with Gasteiger partial charge in [0.1, 0.15) is 12.1 Å². The topological polar surface area (TPSA) is 191 Å². The number of amides is 3. The maximum Gasteiger partial charge on any atom is 0.326 e. The summed E-state index contributed by atoms with van der Waals surface area (Å²) in [5, 5.41) is 13.7. The van der Waals surface area contributed by atoms with E-state index in [4.69, 9.17) is 22.3 Å². The standard InChI is InChI=1S/C13H25N5O5/c1-7(15)11(20)18-9(6-10(16)19)12(21)17-8(13(22)23)4-2-3-5-14/h7-9H,2-6,14-15H2,1H3,(H2,16,19)(H,17,21)(H,18,20)(H,22,23). The fraction of sp³-hybridized carbons (Fsp3) is 0.692. The highest BCUT2D eigenvalue weighted by atomic mass is 16.4. The van der Waals surface area contributed by atoms with Crippen molar-refractivity contribution < 1.29 is 24.3 Å². The van der Waals surface area contributed by atoms with Gasteiger partial charge in [-0.25, -0.2) is 4.79 Å². The predicted molar refractivity (Wildman–Crippen MR) is 81.9 cm³/mol. The molecule has 0 rings (SSSR count). The van der Waals surface area contributed by atoms with Gasteiger partial charge < -0.3 is 32.9 Å². The van der Waals surface area contributed by atoms with E-state index in [9.17, 15) is 19.2 Å². The average Bonchev–Trinajstić information content (AvgIpc) is 2.44. The average molecular weight is 331 g/mol. The van der Waals surface area contributed by atoms with Crippen molar-refractivity contribution in [3.05, 3.63) is 0 Å². The zero-order valence-corrected chi connectivity index (χ0v) is 13.1. The van der Waals surface area contributed by atoms with Crippen molar-refractivity contribution in [3.63, 3.8) is 0 Å². The first kappa shape index (κ1) is 20.8. The van der Waals surface area contributed by atoms with Crippen LogP contribution in [0.1, 0.15) is 32.6 Å². The molecule has 0 fully saturated rings. The third kappa shape index (κ3) is 8.73. The number of carboxylic acid groups (broad SMARTS) is 1. The van der Waals surface area contributed by atoms with Crippen LogP contribution in [0.3, 0.4) is 0 Å². The number of carbonyl (C=O) groups excluding carboxylic acids is 3. The highest BCUT2D eigenvalue weighted by Gasteiger charge is 2.28. The molecular formula is C13H25N5O5. The van der Waals surface area contributed by atoms with Crippen LogP contribution in [0.2, 0.25) is 0 Å². The first-order valence-electron chi connectivity index (χ1n) is 7.26. The predicted octanol–water partition coefficient (Wildman–Crippen LogP) is -2.61. The van der Waals surface area contributed by atoms with Crippen LogP contribution in [-0.4, -0.2) is 53.5 Å². The molecule has 0 spiro atoms. The first-order chi connectivity index (χ1) is 10.7. The highest BCUT2D eigenvalue weighted by Crippen LogP contribution is 2.03. The van der Waals surface area contributed by atoms with Crippen LogP contribution in [0.25, 0.3) is 0 Å². The monoisotopic (exact) mass is 331 g/mol. The van der Waals surface area contributed by atoms with Crippen molar-refractivity contribution in [3.8, 4) is 0 Å². The lowest BCUT2D eigenvalue weighted by Gasteiger charge is -2.21. The summed E-state index contributed by atoms with van der Waals surface area (Å²) in [6.45, 7) is 1.82. The number of hydrogen-bond donors (Lipinski definition) is 6. The Morgan fingerprint density at radius 3 is 2.04 bits per heavy atom. The Morgan fingerprint density at radius 1 is 1.04 bits per heavy atom. The molecule has 0 aliphatic carbocycles. The van der Waals surface area contributed by atoms with Crippen LogP contribution in [0.4, 0.5) is 0 Å². The van der Waals surface area contributed by atoms with Gasteiger partial charge >= 0.3 is 5.97 Å². The fourth-order valence-electron chi connectivity index (χ4n) is 1.74. The van der Waals surface area contributed by atoms with Crippen LogP contribution >= 0.6 is 0 Å². The van der Waals surface area contributed by atoms with E-state index in [2.05, 4.69) is 10.6 Å². The molecule has 0 aliphatic heterocycles. The van der Waals surface area contributed by atoms with Crippen LogP contribution in [-0.2, 0) is 19.2 Å². The third-order valence-corrected chi connectivity index (χ3v) is 3.01. The molecule has 0 bridgehead atoms. The number of nitrogens with one attached hydrogen (secondary N) is 2. The number of rotatable bonds is 11. The largest absolute Gasteiger partial charge is 0.480 e. The molecule has 0 heterocycles. The molecule has 132 valence electrons. The second kappa shape index (κ2) is 10.5. The molecule has 0 aromatic heterocycles. The molecule has 3 unspecified atom stereocenters. The van der Waals surface area contributed by atoms with E-state index < -0.39 is 48.2 Å². The molecule has 0 saturated heterocycles. The van der Waals surface area contributed by atoms with E-state index in [1.54, 1.807) is 0 Å². The van der Waals surface area contributed by atoms with Gasteiger partial charge in [0.25, 0.3) is 0 Å². The van der Waals surface area contributed by atoms with Crippen LogP contribution in [0, 0.1) is 0 Å². The molecule has 3 atom stereocenters. The van der Waals surface area contributed by atoms with Gasteiger partial charge in [0.15, 0.2) is 0 Å². The molecule has 10 heteroatoms. The van der Waals surface area contributed by atoms with E-state index in [1.165, 1.54) is 6.92 Å². The maximum atomic E-state index is 12.1. The SMILES string of the molecule is CC(N)C(=O)NC(CC(N)=O)C(=O)NC(CCCCN)C(=O)O. The summed E-state index contributed by atoms with van der Waals surface area (Å²) in [5.74, 6) is -3.49. The van der Waals surface area contributed by atoms with Crippen molar-refractivity contribution in [1.82, 2.24) is 10.6 Å². The molecule has 0 saturated carbocycles. The lowest BCUT2D eigenvalue weighted by Crippen LogP contribution is -2.55. The second-order valence-corrected chi connectivity index (χ2v) is 5.20. The minimum absolute atomic E-state index is 0.183. The first-order valence-corrected chi connectivity index (χ1v) is 7.26. The number of carbonyl (C=O) groups is 4. The lowest BCUT2D eigenvalue weighted by molar-refractivity contribution is -0.142. The summed E-state index contributed by atoms with van der Waals surface area (Å²) in [5.41, 5.74) is 15.8. The van der Waals surface area contributed by atoms with E-state index in [-0.39, 0.29) is 6.42 Å². The van der Waals surface area contributed by atoms with Gasteiger partial charge in [-0.1, -0.05) is 0 Å². The molecule has 0 aliphatic rings. The minimum atomic E-state index is -1.28. The summed E-state index contributed by atoms with van der Waals surface area (Å²) in [6, 6.07) is -3.31. The number of aliphatic carboxylic acids is 1. The fourth-order valence-corrected chi connectivity index (χ4v) is 1.74. The van der Waals surface area contributed by atoms with Crippen LogP contribution in [0.5, 0.6) is 0 Å². The van der Waals surface area contributed by atoms with E-state index in [1.807, 2.05) is 0 Å². The summed E-state index contributed by atoms with van der Waals surface area (Å²) in [6.07, 6.45) is 0.856. The van der Waals surface area contributed by atoms with Gasteiger partial charge in [0.05, 0.1) is 12.5 Å². The molecule has 9 N–H and O–H groups in total. The maximum absolute atomic E-state index is 12.1. The normalized spacial score (nSPS) is 14.4. The van der Waals surface area contributed by atoms with Gasteiger partial charge in [-0.3, -0.25) is 14.4 Å². The van der Waals surface area contributed by atoms with Crippen LogP contribution < -0.4 is 27.8 Å². The van der Waals surface area contributed by atoms with Crippen molar-refractivity contribution in [2.75, 3.05) is 6.54 Å². The Morgan fingerprint density at radius 2 is 1.61 bits per heavy atom. The molecular weight excluding hydrogens is 306 g/mol. The summed E-state index contributed by atoms with van der Waals surface area (Å²) >= 11 is 0. The Hall–Kier alpha value is -2.20. The number of hydrogen-bond acceptors (Lipinski definition) is 6. The Kier molecular flexibility index (Phi) is 9.51. The zero-order valence-electron chi connectivity index (χ0n) is 13.1. The third-order valence-electron chi connectivity index (χ3n) is 3.01. The smallest absolute Gasteiger partial charge is 0.326 e. The Labute approximate surface area is 134 Å². The molecule has 0 radical (unpaired) electrons. The van der Waals surface area contributed by atoms with Gasteiger partial charge in [-0.15, -0.1) is 0 Å². The van der Waals surface area contributed by atoms with Crippen LogP contribution in [0.15, 0.2) is 0 Å². The van der Waals surface area contributed by atoms with Crippen molar-refractivity contribution in [2.24, 2.45) is 17.2 Å². The molecule has 0 aromatic rings. The van der Waals surface area contributed by atoms with E-state index in [0.29, 0.717) is 19.4 Å². The summed E-state index contributed by atoms with van der Waals surface area (Å²) in [7, 11) is 0. The Bertz CT molecular complexity index is 440. The zero-order chi connectivity index (χ0) is 18.0. The number of primary amides is 1. The molecule has 3 amide bonds. The van der Waals surface area contributed by atoms with Crippen molar-refractivity contribution >= 4 is 23.7 Å². The highest BCUT2D eigenvalue weighted by molar-refractivity contribution is 5.94. The summed E-state index contributed by atoms with van der Waals surface area (Å²) in [4.78, 5) is 45.9. The quantitative estimate of drug-likeness (QED) is 0.223. The van der Waals surface area contributed by atoms with Gasteiger partial charge in [-0.2, -0.15) is 0 Å². The van der Waals surface area contributed by atoms with Crippen molar-refractivity contribution in [1.29, 1.82) is 0 Å². The summed E-state index contributed by atoms with van der Waals surface area (Å²) < 4.78 is 0. The molecule has 23 heavy (non-hydrogen) atoms. The van der Waals surface area contributed by atoms with Gasteiger partial charge in [0, 0.05) is 0 Å². The number of carboxylic acids is 1. The molecule has 10 nitrogen and oxygen atoms in total. The second-order valence-electron chi connectivity index (χ2n) is 5.20. The lowest BCUT2D eigenvalue weighted by atomic mass is 10.1. The number of nitrogens with two attached hydrogens (primary N) is 3. The molecule has 0 aromatic carbocycles.